The molecule has 5 aromatic rings. The van der Waals surface area contributed by atoms with Gasteiger partial charge in [-0.2, -0.15) is 0 Å². The van der Waals surface area contributed by atoms with Crippen LogP contribution < -0.4 is 10.6 Å². The fraction of sp³-hybridized carbons (Fsp3) is 0.194. The van der Waals surface area contributed by atoms with Crippen LogP contribution in [0.1, 0.15) is 67.6 Å². The Morgan fingerprint density at radius 1 is 0.936 bits per heavy atom. The molecule has 0 bridgehead atoms. The number of nitrogens with zero attached hydrogens (tertiary/aromatic N) is 3. The van der Waals surface area contributed by atoms with E-state index in [4.69, 9.17) is 4.42 Å². The molecule has 2 atom stereocenters. The minimum Gasteiger partial charge on any atom is -0.440 e. The first-order valence-corrected chi connectivity index (χ1v) is 15.3. The first kappa shape index (κ1) is 29.7. The third kappa shape index (κ3) is 5.90. The summed E-state index contributed by atoms with van der Waals surface area (Å²) in [6, 6.07) is 20.5. The van der Waals surface area contributed by atoms with Gasteiger partial charge in [0, 0.05) is 36.0 Å². The summed E-state index contributed by atoms with van der Waals surface area (Å²) in [6.45, 7) is 0. The van der Waals surface area contributed by atoms with Crippen molar-refractivity contribution in [3.05, 3.63) is 131 Å². The lowest BCUT2D eigenvalue weighted by Gasteiger charge is -2.27. The molecule has 5 heterocycles. The highest BCUT2D eigenvalue weighted by molar-refractivity contribution is 6.24. The number of amides is 5. The topological polar surface area (TPSA) is 152 Å². The number of rotatable bonds is 9. The largest absolute Gasteiger partial charge is 0.440 e. The molecule has 3 aromatic heterocycles. The Balaban J connectivity index is 1.01. The van der Waals surface area contributed by atoms with E-state index < -0.39 is 35.7 Å². The summed E-state index contributed by atoms with van der Waals surface area (Å²) in [5.74, 6) is -1.71. The minimum atomic E-state index is -1.01. The number of carbonyl (C=O) groups is 5. The zero-order valence-corrected chi connectivity index (χ0v) is 25.1. The van der Waals surface area contributed by atoms with Gasteiger partial charge in [0.25, 0.3) is 11.8 Å². The molecule has 1 fully saturated rings. The van der Waals surface area contributed by atoms with E-state index in [2.05, 4.69) is 20.6 Å². The second-order valence-electron chi connectivity index (χ2n) is 11.6. The van der Waals surface area contributed by atoms with E-state index >= 15 is 0 Å². The van der Waals surface area contributed by atoms with Crippen LogP contribution in [0.4, 0.5) is 0 Å². The Kier molecular flexibility index (Phi) is 7.86. The van der Waals surface area contributed by atoms with Gasteiger partial charge in [-0.1, -0.05) is 42.5 Å². The molecule has 0 saturated carbocycles. The number of imide groups is 2. The Labute approximate surface area is 269 Å². The Morgan fingerprint density at radius 3 is 2.51 bits per heavy atom. The molecular weight excluding hydrogens is 598 g/mol. The van der Waals surface area contributed by atoms with Crippen molar-refractivity contribution in [2.24, 2.45) is 0 Å². The van der Waals surface area contributed by atoms with E-state index in [1.807, 2.05) is 54.6 Å². The molecule has 2 aliphatic heterocycles. The second-order valence-corrected chi connectivity index (χ2v) is 11.6. The molecule has 2 N–H and O–H groups in total. The third-order valence-electron chi connectivity index (χ3n) is 8.55. The van der Waals surface area contributed by atoms with E-state index in [-0.39, 0.29) is 30.7 Å². The fourth-order valence-electron chi connectivity index (χ4n) is 6.19. The summed E-state index contributed by atoms with van der Waals surface area (Å²) < 4.78 is 5.97. The van der Waals surface area contributed by atoms with Crippen molar-refractivity contribution in [3.8, 4) is 0 Å². The molecule has 1 saturated heterocycles. The Morgan fingerprint density at radius 2 is 1.74 bits per heavy atom. The van der Waals surface area contributed by atoms with Gasteiger partial charge in [-0.25, -0.2) is 4.98 Å². The number of furan rings is 1. The van der Waals surface area contributed by atoms with E-state index in [0.717, 1.165) is 27.0 Å². The highest BCUT2D eigenvalue weighted by Gasteiger charge is 2.45. The normalized spacial score (nSPS) is 16.7. The summed E-state index contributed by atoms with van der Waals surface area (Å²) in [4.78, 5) is 73.3. The third-order valence-corrected chi connectivity index (χ3v) is 8.55. The van der Waals surface area contributed by atoms with Crippen LogP contribution >= 0.6 is 0 Å². The van der Waals surface area contributed by atoms with Crippen LogP contribution in [0, 0.1) is 0 Å². The molecule has 11 nitrogen and oxygen atoms in total. The number of benzene rings is 2. The SMILES string of the molecule is O=C1CCC(N2C(=O)c3cccc(CCc4ccc(CC(=O)NC(c5cccnc5)c5cc6cccnc6o5)cc4)c3C2=O)C(=O)N1. The molecule has 0 aliphatic carbocycles. The molecule has 2 aliphatic rings. The maximum absolute atomic E-state index is 13.4. The first-order chi connectivity index (χ1) is 22.9. The van der Waals surface area contributed by atoms with Crippen LogP contribution in [0.3, 0.4) is 0 Å². The van der Waals surface area contributed by atoms with E-state index in [1.165, 1.54) is 0 Å². The van der Waals surface area contributed by atoms with Crippen LogP contribution in [0.15, 0.2) is 95.8 Å². The number of carbonyl (C=O) groups excluding carboxylic acids is 5. The Bertz CT molecular complexity index is 2010. The van der Waals surface area contributed by atoms with Crippen molar-refractivity contribution in [1.29, 1.82) is 0 Å². The molecule has 0 spiro atoms. The monoisotopic (exact) mass is 627 g/mol. The number of fused-ring (bicyclic) bond motifs is 2. The van der Waals surface area contributed by atoms with Gasteiger partial charge in [0.1, 0.15) is 17.8 Å². The van der Waals surface area contributed by atoms with Crippen molar-refractivity contribution in [1.82, 2.24) is 25.5 Å². The number of nitrogens with one attached hydrogen (secondary N) is 2. The van der Waals surface area contributed by atoms with Gasteiger partial charge >= 0.3 is 0 Å². The van der Waals surface area contributed by atoms with Gasteiger partial charge in [-0.05, 0) is 66.3 Å². The number of hydrogen-bond donors (Lipinski definition) is 2. The maximum atomic E-state index is 13.4. The summed E-state index contributed by atoms with van der Waals surface area (Å²) in [6.07, 6.45) is 6.42. The van der Waals surface area contributed by atoms with E-state index in [0.29, 0.717) is 35.4 Å². The molecule has 234 valence electrons. The van der Waals surface area contributed by atoms with Crippen molar-refractivity contribution in [2.45, 2.75) is 44.2 Å². The van der Waals surface area contributed by atoms with Crippen molar-refractivity contribution in [2.75, 3.05) is 0 Å². The van der Waals surface area contributed by atoms with Gasteiger partial charge < -0.3 is 9.73 Å². The van der Waals surface area contributed by atoms with Gasteiger partial charge in [-0.3, -0.25) is 39.2 Å². The predicted octanol–water partition coefficient (Wildman–Crippen LogP) is 3.86. The van der Waals surface area contributed by atoms with Gasteiger partial charge in [0.15, 0.2) is 0 Å². The number of pyridine rings is 2. The summed E-state index contributed by atoms with van der Waals surface area (Å²) in [7, 11) is 0. The summed E-state index contributed by atoms with van der Waals surface area (Å²) in [5, 5.41) is 6.14. The average Bonchev–Trinajstić information content (AvgIpc) is 3.62. The second kappa shape index (κ2) is 12.4. The van der Waals surface area contributed by atoms with Crippen LogP contribution in [-0.4, -0.2) is 50.4 Å². The lowest BCUT2D eigenvalue weighted by molar-refractivity contribution is -0.136. The van der Waals surface area contributed by atoms with Crippen LogP contribution in [0.25, 0.3) is 11.1 Å². The van der Waals surface area contributed by atoms with Crippen LogP contribution in [0.2, 0.25) is 0 Å². The lowest BCUT2D eigenvalue weighted by atomic mass is 9.96. The minimum absolute atomic E-state index is 0.0679. The molecule has 11 heteroatoms. The first-order valence-electron chi connectivity index (χ1n) is 15.3. The molecule has 7 rings (SSSR count). The molecule has 47 heavy (non-hydrogen) atoms. The van der Waals surface area contributed by atoms with Crippen LogP contribution in [0.5, 0.6) is 0 Å². The highest BCUT2D eigenvalue weighted by atomic mass is 16.3. The Hall–Kier alpha value is -5.97. The smallest absolute Gasteiger partial charge is 0.262 e. The predicted molar refractivity (Wildman–Crippen MR) is 169 cm³/mol. The number of aryl methyl sites for hydroxylation is 2. The standard InChI is InChI=1S/C36H29N5O6/c42-29-15-14-27(33(44)40-29)41-35(45)26-7-1-4-23(31(26)36(41)46)13-12-21-8-10-22(11-9-21)18-30(43)39-32(25-6-2-16-37-20-25)28-19-24-5-3-17-38-34(24)47-28/h1-11,16-17,19-20,27,32H,12-15,18H2,(H,39,43)(H,40,42,44). The molecule has 2 unspecified atom stereocenters. The van der Waals surface area contributed by atoms with Gasteiger partial charge in [0.2, 0.25) is 23.4 Å². The number of hydrogen-bond acceptors (Lipinski definition) is 8. The zero-order chi connectivity index (χ0) is 32.5. The highest BCUT2D eigenvalue weighted by Crippen LogP contribution is 2.31. The number of aromatic nitrogens is 2. The fourth-order valence-corrected chi connectivity index (χ4v) is 6.19. The molecule has 0 radical (unpaired) electrons. The van der Waals surface area contributed by atoms with Gasteiger partial charge in [-0.15, -0.1) is 0 Å². The van der Waals surface area contributed by atoms with Gasteiger partial charge in [0.05, 0.1) is 17.5 Å². The van der Waals surface area contributed by atoms with E-state index in [1.54, 1.807) is 36.8 Å². The van der Waals surface area contributed by atoms with Crippen molar-refractivity contribution in [3.63, 3.8) is 0 Å². The van der Waals surface area contributed by atoms with E-state index in [9.17, 15) is 24.0 Å². The average molecular weight is 628 g/mol. The maximum Gasteiger partial charge on any atom is 0.262 e. The van der Waals surface area contributed by atoms with Crippen LogP contribution in [-0.2, 0) is 33.6 Å². The number of piperidine rings is 1. The van der Waals surface area contributed by atoms with Crippen molar-refractivity contribution >= 4 is 40.6 Å². The molecular formula is C36H29N5O6. The molecule has 2 aromatic carbocycles. The van der Waals surface area contributed by atoms with Crippen molar-refractivity contribution < 1.29 is 28.4 Å². The summed E-state index contributed by atoms with van der Waals surface area (Å²) >= 11 is 0. The molecule has 5 amide bonds. The quantitative estimate of drug-likeness (QED) is 0.234. The summed E-state index contributed by atoms with van der Waals surface area (Å²) in [5.41, 5.74) is 4.37. The zero-order valence-electron chi connectivity index (χ0n) is 25.1. The lowest BCUT2D eigenvalue weighted by Crippen LogP contribution is -2.54.